The van der Waals surface area contributed by atoms with Gasteiger partial charge in [-0.3, -0.25) is 4.57 Å². The average Bonchev–Trinajstić information content (AvgIpc) is 1.48. The molecule has 72 valence electrons. The largest absolute Gasteiger partial charge is 0.344 e. The molecule has 12 heavy (non-hydrogen) atoms. The molecule has 0 aromatic heterocycles. The molecule has 2 atom stereocenters. The summed E-state index contributed by atoms with van der Waals surface area (Å²) in [6.45, 7) is 10.3. The van der Waals surface area contributed by atoms with Crippen LogP contribution >= 0.6 is 7.37 Å². The molecule has 1 saturated heterocycles. The molecule has 0 saturated carbocycles. The molecular weight excluding hydrogens is 171 g/mol. The van der Waals surface area contributed by atoms with E-state index in [-0.39, 0.29) is 16.5 Å². The standard InChI is InChI=1S/C9H19O2P/c1-8(2,3)7-9(4,5)6-12(7,10)11/h7H,6H2,1-5H3,(H,10,11). The van der Waals surface area contributed by atoms with Crippen LogP contribution in [0.3, 0.4) is 0 Å². The smallest absolute Gasteiger partial charge is 0.205 e. The lowest BCUT2D eigenvalue weighted by Gasteiger charge is -2.54. The summed E-state index contributed by atoms with van der Waals surface area (Å²) in [5, 5.41) is 0. The fourth-order valence-corrected chi connectivity index (χ4v) is 6.57. The van der Waals surface area contributed by atoms with Crippen LogP contribution in [0.5, 0.6) is 0 Å². The number of hydrogen-bond donors (Lipinski definition) is 1. The quantitative estimate of drug-likeness (QED) is 0.596. The van der Waals surface area contributed by atoms with Crippen LogP contribution in [0.25, 0.3) is 0 Å². The Morgan fingerprint density at radius 2 is 1.83 bits per heavy atom. The lowest BCUT2D eigenvalue weighted by atomic mass is 9.75. The first-order valence-electron chi connectivity index (χ1n) is 4.39. The van der Waals surface area contributed by atoms with Crippen molar-refractivity contribution in [2.75, 3.05) is 6.16 Å². The molecule has 1 rings (SSSR count). The van der Waals surface area contributed by atoms with Gasteiger partial charge >= 0.3 is 0 Å². The van der Waals surface area contributed by atoms with Crippen molar-refractivity contribution in [1.29, 1.82) is 0 Å². The highest BCUT2D eigenvalue weighted by atomic mass is 31.2. The van der Waals surface area contributed by atoms with Crippen LogP contribution in [0.4, 0.5) is 0 Å². The van der Waals surface area contributed by atoms with Crippen molar-refractivity contribution in [3.63, 3.8) is 0 Å². The Morgan fingerprint density at radius 3 is 1.92 bits per heavy atom. The van der Waals surface area contributed by atoms with Crippen molar-refractivity contribution in [3.05, 3.63) is 0 Å². The third-order valence-corrected chi connectivity index (χ3v) is 6.15. The third-order valence-electron chi connectivity index (χ3n) is 2.60. The predicted octanol–water partition coefficient (Wildman–Crippen LogP) is 2.71. The van der Waals surface area contributed by atoms with E-state index >= 15 is 0 Å². The van der Waals surface area contributed by atoms with Gasteiger partial charge < -0.3 is 4.89 Å². The highest BCUT2D eigenvalue weighted by molar-refractivity contribution is 7.60. The molecule has 0 radical (unpaired) electrons. The SMILES string of the molecule is CC(C)(C)C1C(C)(C)CP1(=O)O. The summed E-state index contributed by atoms with van der Waals surface area (Å²) >= 11 is 0. The van der Waals surface area contributed by atoms with Gasteiger partial charge in [-0.15, -0.1) is 0 Å². The minimum atomic E-state index is -2.82. The second-order valence-corrected chi connectivity index (χ2v) is 8.01. The van der Waals surface area contributed by atoms with Crippen LogP contribution in [0.1, 0.15) is 34.6 Å². The topological polar surface area (TPSA) is 37.3 Å². The van der Waals surface area contributed by atoms with Gasteiger partial charge in [0.05, 0.1) is 0 Å². The molecule has 0 spiro atoms. The summed E-state index contributed by atoms with van der Waals surface area (Å²) in [4.78, 5) is 9.60. The first-order chi connectivity index (χ1) is 5.07. The second-order valence-electron chi connectivity index (χ2n) is 5.67. The zero-order valence-corrected chi connectivity index (χ0v) is 9.48. The van der Waals surface area contributed by atoms with E-state index < -0.39 is 7.37 Å². The van der Waals surface area contributed by atoms with E-state index in [4.69, 9.17) is 0 Å². The summed E-state index contributed by atoms with van der Waals surface area (Å²) in [5.74, 6) is 0. The monoisotopic (exact) mass is 190 g/mol. The van der Waals surface area contributed by atoms with Gasteiger partial charge in [-0.1, -0.05) is 34.6 Å². The first kappa shape index (κ1) is 10.3. The molecule has 1 N–H and O–H groups in total. The minimum absolute atomic E-state index is 0.0301. The van der Waals surface area contributed by atoms with Crippen LogP contribution in [-0.2, 0) is 4.57 Å². The highest BCUT2D eigenvalue weighted by Gasteiger charge is 2.59. The summed E-state index contributed by atoms with van der Waals surface area (Å²) in [6.07, 6.45) is 0.488. The van der Waals surface area contributed by atoms with E-state index in [1.54, 1.807) is 0 Å². The van der Waals surface area contributed by atoms with Gasteiger partial charge in [-0.05, 0) is 10.8 Å². The average molecular weight is 190 g/mol. The molecule has 1 heterocycles. The molecule has 0 aliphatic carbocycles. The van der Waals surface area contributed by atoms with E-state index in [9.17, 15) is 9.46 Å². The van der Waals surface area contributed by atoms with Crippen LogP contribution in [0.2, 0.25) is 0 Å². The molecular formula is C9H19O2P. The van der Waals surface area contributed by atoms with Crippen molar-refractivity contribution in [2.45, 2.75) is 40.3 Å². The molecule has 0 bridgehead atoms. The summed E-state index contributed by atoms with van der Waals surface area (Å²) in [5.41, 5.74) is -0.0355. The maximum atomic E-state index is 11.6. The summed E-state index contributed by atoms with van der Waals surface area (Å²) in [6, 6.07) is 0. The maximum Gasteiger partial charge on any atom is 0.205 e. The van der Waals surface area contributed by atoms with Gasteiger partial charge in [0.2, 0.25) is 7.37 Å². The lowest BCUT2D eigenvalue weighted by molar-refractivity contribution is 0.180. The maximum absolute atomic E-state index is 11.6. The molecule has 0 amide bonds. The number of hydrogen-bond acceptors (Lipinski definition) is 1. The lowest BCUT2D eigenvalue weighted by Crippen LogP contribution is -2.51. The molecule has 0 aromatic rings. The van der Waals surface area contributed by atoms with Crippen LogP contribution < -0.4 is 0 Å². The fraction of sp³-hybridized carbons (Fsp3) is 1.00. The molecule has 1 aliphatic rings. The Bertz CT molecular complexity index is 227. The van der Waals surface area contributed by atoms with Crippen molar-refractivity contribution >= 4 is 7.37 Å². The Kier molecular flexibility index (Phi) is 2.02. The Morgan fingerprint density at radius 1 is 1.42 bits per heavy atom. The van der Waals surface area contributed by atoms with Gasteiger partial charge in [-0.2, -0.15) is 0 Å². The molecule has 1 fully saturated rings. The Balaban J connectivity index is 2.95. The van der Waals surface area contributed by atoms with Crippen molar-refractivity contribution < 1.29 is 9.46 Å². The van der Waals surface area contributed by atoms with Crippen molar-refractivity contribution in [2.24, 2.45) is 10.8 Å². The van der Waals surface area contributed by atoms with Gasteiger partial charge in [0, 0.05) is 11.8 Å². The zero-order chi connectivity index (χ0) is 9.78. The summed E-state index contributed by atoms with van der Waals surface area (Å²) < 4.78 is 11.6. The van der Waals surface area contributed by atoms with Crippen molar-refractivity contribution in [1.82, 2.24) is 0 Å². The van der Waals surface area contributed by atoms with Crippen LogP contribution in [-0.4, -0.2) is 16.7 Å². The molecule has 1 aliphatic heterocycles. The van der Waals surface area contributed by atoms with Gasteiger partial charge in [0.1, 0.15) is 0 Å². The predicted molar refractivity (Wildman–Crippen MR) is 51.7 cm³/mol. The van der Waals surface area contributed by atoms with Gasteiger partial charge in [0.25, 0.3) is 0 Å². The van der Waals surface area contributed by atoms with E-state index in [1.165, 1.54) is 0 Å². The third kappa shape index (κ3) is 1.47. The summed E-state index contributed by atoms with van der Waals surface area (Å²) in [7, 11) is -2.82. The molecule has 2 unspecified atom stereocenters. The normalized spacial score (nSPS) is 40.7. The van der Waals surface area contributed by atoms with E-state index in [0.29, 0.717) is 6.16 Å². The minimum Gasteiger partial charge on any atom is -0.344 e. The van der Waals surface area contributed by atoms with Gasteiger partial charge in [-0.25, -0.2) is 0 Å². The van der Waals surface area contributed by atoms with Gasteiger partial charge in [0.15, 0.2) is 0 Å². The molecule has 3 heteroatoms. The van der Waals surface area contributed by atoms with Crippen LogP contribution in [0, 0.1) is 10.8 Å². The van der Waals surface area contributed by atoms with Crippen molar-refractivity contribution in [3.8, 4) is 0 Å². The Labute approximate surface area is 74.8 Å². The van der Waals surface area contributed by atoms with Crippen LogP contribution in [0.15, 0.2) is 0 Å². The molecule has 0 aromatic carbocycles. The zero-order valence-electron chi connectivity index (χ0n) is 8.59. The Hall–Kier alpha value is 0.190. The highest BCUT2D eigenvalue weighted by Crippen LogP contribution is 2.71. The molecule has 2 nitrogen and oxygen atoms in total. The fourth-order valence-electron chi connectivity index (χ4n) is 2.97. The second kappa shape index (κ2) is 2.36. The number of rotatable bonds is 0. The first-order valence-corrected chi connectivity index (χ1v) is 6.30. The van der Waals surface area contributed by atoms with E-state index in [2.05, 4.69) is 13.8 Å². The van der Waals surface area contributed by atoms with E-state index in [0.717, 1.165) is 0 Å². The van der Waals surface area contributed by atoms with E-state index in [1.807, 2.05) is 20.8 Å².